The maximum absolute atomic E-state index is 5.69. The molecule has 0 spiro atoms. The first kappa shape index (κ1) is 49.2. The number of fused-ring (bicyclic) bond motifs is 6. The summed E-state index contributed by atoms with van der Waals surface area (Å²) in [6.07, 6.45) is 6.97. The van der Waals surface area contributed by atoms with Crippen LogP contribution in [0.15, 0.2) is 229 Å². The zero-order valence-corrected chi connectivity index (χ0v) is 41.8. The van der Waals surface area contributed by atoms with Gasteiger partial charge < -0.3 is 4.42 Å². The molecule has 1 heteroatoms. The molecule has 10 aromatic rings. The molecule has 9 aromatic carbocycles. The lowest BCUT2D eigenvalue weighted by molar-refractivity contribution is 0.603. The van der Waals surface area contributed by atoms with Gasteiger partial charge in [0.25, 0.3) is 0 Å². The molecule has 0 atom stereocenters. The molecule has 344 valence electrons. The van der Waals surface area contributed by atoms with Crippen molar-refractivity contribution in [1.29, 1.82) is 0 Å². The molecular weight excluding hydrogens is 833 g/mol. The van der Waals surface area contributed by atoms with E-state index in [1.54, 1.807) is 6.08 Å². The van der Waals surface area contributed by atoms with Crippen LogP contribution in [-0.4, -0.2) is 0 Å². The van der Waals surface area contributed by atoms with Crippen LogP contribution in [0.5, 0.6) is 0 Å². The summed E-state index contributed by atoms with van der Waals surface area (Å²) < 4.78 is 5.69. The van der Waals surface area contributed by atoms with Crippen molar-refractivity contribution in [2.24, 2.45) is 0 Å². The van der Waals surface area contributed by atoms with Gasteiger partial charge in [0.15, 0.2) is 0 Å². The third kappa shape index (κ3) is 11.3. The highest BCUT2D eigenvalue weighted by atomic mass is 16.3. The second kappa shape index (κ2) is 23.3. The predicted molar refractivity (Wildman–Crippen MR) is 299 cm³/mol. The zero-order chi connectivity index (χ0) is 48.8. The summed E-state index contributed by atoms with van der Waals surface area (Å²) in [6.45, 7) is 20.7. The highest BCUT2D eigenvalue weighted by molar-refractivity contribution is 6.05. The molecule has 0 aliphatic heterocycles. The van der Waals surface area contributed by atoms with Crippen molar-refractivity contribution in [3.05, 3.63) is 297 Å². The Morgan fingerprint density at radius 1 is 0.464 bits per heavy atom. The van der Waals surface area contributed by atoms with Gasteiger partial charge in [-0.25, -0.2) is 0 Å². The van der Waals surface area contributed by atoms with Crippen LogP contribution < -0.4 is 0 Å². The molecule has 0 radical (unpaired) electrons. The van der Waals surface area contributed by atoms with Gasteiger partial charge in [0.1, 0.15) is 11.3 Å². The quantitative estimate of drug-likeness (QED) is 0.168. The van der Waals surface area contributed by atoms with Gasteiger partial charge in [-0.2, -0.15) is 0 Å². The summed E-state index contributed by atoms with van der Waals surface area (Å²) in [5.74, 6) is 0.841. The van der Waals surface area contributed by atoms with E-state index < -0.39 is 0 Å². The summed E-state index contributed by atoms with van der Waals surface area (Å²) >= 11 is 0. The first-order valence-corrected chi connectivity index (χ1v) is 24.2. The fourth-order valence-corrected chi connectivity index (χ4v) is 9.26. The van der Waals surface area contributed by atoms with E-state index in [0.29, 0.717) is 0 Å². The lowest BCUT2D eigenvalue weighted by Gasteiger charge is -2.34. The Bertz CT molecular complexity index is 3180. The lowest BCUT2D eigenvalue weighted by Crippen LogP contribution is -2.28. The van der Waals surface area contributed by atoms with Crippen LogP contribution in [-0.2, 0) is 11.8 Å². The number of hydrogen-bond acceptors (Lipinski definition) is 1. The van der Waals surface area contributed by atoms with Gasteiger partial charge >= 0.3 is 0 Å². The van der Waals surface area contributed by atoms with Crippen molar-refractivity contribution < 1.29 is 4.42 Å². The predicted octanol–water partition coefficient (Wildman–Crippen LogP) is 18.8. The Balaban J connectivity index is 0.000000152. The van der Waals surface area contributed by atoms with E-state index in [4.69, 9.17) is 4.42 Å². The van der Waals surface area contributed by atoms with E-state index in [-0.39, 0.29) is 5.41 Å². The number of benzene rings is 9. The fourth-order valence-electron chi connectivity index (χ4n) is 9.26. The van der Waals surface area contributed by atoms with Gasteiger partial charge in [0, 0.05) is 10.9 Å². The molecule has 0 amide bonds. The summed E-state index contributed by atoms with van der Waals surface area (Å²) in [5.41, 5.74) is 19.1. The fraction of sp³-hybridized carbons (Fsp3) is 0.147. The molecule has 11 rings (SSSR count). The number of rotatable bonds is 5. The van der Waals surface area contributed by atoms with E-state index in [1.807, 2.05) is 43.3 Å². The SMILES string of the molecule is C=Cc1oc2ccc(C)cc2c1/C=C\C.CCc1ccccc1.Cc1ccc(C)cc1.Cc1ccc2c(c1)C(c1ccccc1)(c1ccccc1)c1cc(C)c3ccccc3c1-2.Cc1ccccc1. The van der Waals surface area contributed by atoms with Crippen molar-refractivity contribution in [3.63, 3.8) is 0 Å². The van der Waals surface area contributed by atoms with E-state index in [9.17, 15) is 0 Å². The first-order valence-electron chi connectivity index (χ1n) is 24.2. The average Bonchev–Trinajstić information content (AvgIpc) is 3.88. The lowest BCUT2D eigenvalue weighted by atomic mass is 9.67. The molecular formula is C68H66O. The Labute approximate surface area is 412 Å². The molecule has 1 aliphatic carbocycles. The van der Waals surface area contributed by atoms with Gasteiger partial charge in [0.05, 0.1) is 5.41 Å². The van der Waals surface area contributed by atoms with Gasteiger partial charge in [-0.3, -0.25) is 0 Å². The molecule has 1 aromatic heterocycles. The van der Waals surface area contributed by atoms with E-state index in [1.165, 1.54) is 83.1 Å². The largest absolute Gasteiger partial charge is 0.456 e. The Morgan fingerprint density at radius 3 is 1.45 bits per heavy atom. The summed E-state index contributed by atoms with van der Waals surface area (Å²) in [6, 6.07) is 75.7. The van der Waals surface area contributed by atoms with Crippen LogP contribution in [0.1, 0.15) is 86.4 Å². The van der Waals surface area contributed by atoms with Crippen molar-refractivity contribution in [1.82, 2.24) is 0 Å². The normalized spacial score (nSPS) is 11.7. The van der Waals surface area contributed by atoms with Crippen LogP contribution in [0.2, 0.25) is 0 Å². The average molecular weight is 899 g/mol. The third-order valence-corrected chi connectivity index (χ3v) is 12.8. The molecule has 69 heavy (non-hydrogen) atoms. The van der Waals surface area contributed by atoms with E-state index in [2.05, 4.69) is 243 Å². The number of hydrogen-bond donors (Lipinski definition) is 0. The Morgan fingerprint density at radius 2 is 0.942 bits per heavy atom. The van der Waals surface area contributed by atoms with E-state index in [0.717, 1.165) is 28.7 Å². The molecule has 0 bridgehead atoms. The number of allylic oxidation sites excluding steroid dienone is 1. The number of aryl methyl sites for hydroxylation is 7. The van der Waals surface area contributed by atoms with Crippen LogP contribution in [0, 0.1) is 41.5 Å². The molecule has 0 saturated carbocycles. The van der Waals surface area contributed by atoms with Gasteiger partial charge in [-0.05, 0) is 128 Å². The van der Waals surface area contributed by atoms with Gasteiger partial charge in [0.2, 0.25) is 0 Å². The molecule has 1 heterocycles. The zero-order valence-electron chi connectivity index (χ0n) is 41.8. The second-order valence-corrected chi connectivity index (χ2v) is 17.9. The molecule has 1 aliphatic rings. The molecule has 0 unspecified atom stereocenters. The summed E-state index contributed by atoms with van der Waals surface area (Å²) in [7, 11) is 0. The molecule has 1 nitrogen and oxygen atoms in total. The minimum atomic E-state index is -0.325. The monoisotopic (exact) mass is 899 g/mol. The van der Waals surface area contributed by atoms with Crippen LogP contribution in [0.25, 0.3) is 45.0 Å². The second-order valence-electron chi connectivity index (χ2n) is 17.9. The Hall–Kier alpha value is -7.74. The third-order valence-electron chi connectivity index (χ3n) is 12.8. The molecule has 0 fully saturated rings. The van der Waals surface area contributed by atoms with Crippen LogP contribution in [0.4, 0.5) is 0 Å². The molecule has 0 saturated heterocycles. The van der Waals surface area contributed by atoms with Gasteiger partial charge in [-0.1, -0.05) is 254 Å². The standard InChI is InChI=1S/C31H24.C14H14O.2C8H10.C7H8/c1-21-17-18-27-28(19-21)31(23-11-5-3-6-12-23,24-13-7-4-8-14-24)29-20-22(2)25-15-9-10-16-26(25)30(27)29;1-4-6-11-12-9-10(3)7-8-14(12)15-13(11)5-2;1-7-3-5-8(2)6-4-7;1-2-8-6-4-3-5-7-8;1-7-5-3-2-4-6-7/h3-20H,1-2H3;4-9H,2H2,1,3H3;3-6H,1-2H3;3-7H,2H2,1H3;2-6H,1H3/b;6-4-;;;. The van der Waals surface area contributed by atoms with Crippen molar-refractivity contribution in [3.8, 4) is 11.1 Å². The number of furan rings is 1. The van der Waals surface area contributed by atoms with Crippen LogP contribution >= 0.6 is 0 Å². The minimum Gasteiger partial charge on any atom is -0.456 e. The van der Waals surface area contributed by atoms with Gasteiger partial charge in [-0.15, -0.1) is 0 Å². The summed E-state index contributed by atoms with van der Waals surface area (Å²) in [5, 5.41) is 3.84. The first-order chi connectivity index (χ1) is 33.6. The highest BCUT2D eigenvalue weighted by Gasteiger charge is 2.46. The maximum Gasteiger partial charge on any atom is 0.135 e. The smallest absolute Gasteiger partial charge is 0.135 e. The van der Waals surface area contributed by atoms with Crippen LogP contribution in [0.3, 0.4) is 0 Å². The minimum absolute atomic E-state index is 0.325. The highest BCUT2D eigenvalue weighted by Crippen LogP contribution is 2.58. The van der Waals surface area contributed by atoms with E-state index >= 15 is 0 Å². The molecule has 0 N–H and O–H groups in total. The van der Waals surface area contributed by atoms with Crippen molar-refractivity contribution in [2.45, 2.75) is 67.2 Å². The maximum atomic E-state index is 5.69. The topological polar surface area (TPSA) is 13.1 Å². The van der Waals surface area contributed by atoms with Crippen molar-refractivity contribution >= 4 is 33.9 Å². The summed E-state index contributed by atoms with van der Waals surface area (Å²) in [4.78, 5) is 0. The Kier molecular flexibility index (Phi) is 16.6. The van der Waals surface area contributed by atoms with Crippen molar-refractivity contribution in [2.75, 3.05) is 0 Å².